The third-order valence-electron chi connectivity index (χ3n) is 2.74. The summed E-state index contributed by atoms with van der Waals surface area (Å²) in [5, 5.41) is 6.91. The molecule has 0 radical (unpaired) electrons. The fourth-order valence-corrected chi connectivity index (χ4v) is 1.60. The number of nitrogens with two attached hydrogens (primary N) is 1. The predicted molar refractivity (Wildman–Crippen MR) is 57.4 cm³/mol. The van der Waals surface area contributed by atoms with Gasteiger partial charge < -0.3 is 10.6 Å². The molecule has 5 nitrogen and oxygen atoms in total. The van der Waals surface area contributed by atoms with Gasteiger partial charge in [-0.25, -0.2) is 0 Å². The van der Waals surface area contributed by atoms with Crippen LogP contribution in [0.3, 0.4) is 0 Å². The molecule has 1 aliphatic rings. The maximum atomic E-state index is 11.6. The number of likely N-dealkylation sites (N-methyl/N-ethyl adjacent to an activating group) is 1. The van der Waals surface area contributed by atoms with Gasteiger partial charge in [0.1, 0.15) is 5.82 Å². The van der Waals surface area contributed by atoms with Crippen molar-refractivity contribution in [3.05, 3.63) is 11.3 Å². The summed E-state index contributed by atoms with van der Waals surface area (Å²) < 4.78 is 0. The third kappa shape index (κ3) is 1.95. The van der Waals surface area contributed by atoms with Gasteiger partial charge in [0.05, 0.1) is 6.42 Å². The van der Waals surface area contributed by atoms with Crippen LogP contribution in [-0.2, 0) is 11.2 Å². The Labute approximate surface area is 88.6 Å². The third-order valence-corrected chi connectivity index (χ3v) is 2.74. The smallest absolute Gasteiger partial charge is 0.226 e. The van der Waals surface area contributed by atoms with Gasteiger partial charge in [-0.05, 0) is 12.8 Å². The number of anilines is 1. The summed E-state index contributed by atoms with van der Waals surface area (Å²) in [6.07, 6.45) is 2.69. The van der Waals surface area contributed by atoms with Crippen molar-refractivity contribution in [2.24, 2.45) is 0 Å². The van der Waals surface area contributed by atoms with Gasteiger partial charge in [0.15, 0.2) is 0 Å². The molecule has 1 aromatic heterocycles. The summed E-state index contributed by atoms with van der Waals surface area (Å²) in [5.41, 5.74) is 7.69. The molecule has 3 N–H and O–H groups in total. The largest absolute Gasteiger partial charge is 0.382 e. The van der Waals surface area contributed by atoms with Crippen molar-refractivity contribution in [3.8, 4) is 0 Å². The number of aromatic amines is 1. The van der Waals surface area contributed by atoms with Gasteiger partial charge in [-0.1, -0.05) is 0 Å². The van der Waals surface area contributed by atoms with Crippen LogP contribution in [0.5, 0.6) is 0 Å². The number of carbonyl (C=O) groups excluding carboxylic acids is 1. The van der Waals surface area contributed by atoms with E-state index in [2.05, 4.69) is 10.2 Å². The average Bonchev–Trinajstić information content (AvgIpc) is 2.95. The maximum absolute atomic E-state index is 11.6. The van der Waals surface area contributed by atoms with Crippen LogP contribution in [0, 0.1) is 0 Å². The van der Waals surface area contributed by atoms with E-state index in [0.29, 0.717) is 18.2 Å². The highest BCUT2D eigenvalue weighted by atomic mass is 16.2. The molecule has 5 heteroatoms. The van der Waals surface area contributed by atoms with Crippen LogP contribution in [0.25, 0.3) is 0 Å². The first-order valence-corrected chi connectivity index (χ1v) is 5.12. The fourth-order valence-electron chi connectivity index (χ4n) is 1.60. The number of carbonyl (C=O) groups is 1. The van der Waals surface area contributed by atoms with E-state index in [9.17, 15) is 4.79 Å². The fraction of sp³-hybridized carbons (Fsp3) is 0.600. The van der Waals surface area contributed by atoms with Gasteiger partial charge >= 0.3 is 0 Å². The number of hydrogen-bond donors (Lipinski definition) is 2. The SMILES string of the molecule is CN(C)C(=O)Cc1c(N)n[nH]c1C1CC1. The number of nitrogens with one attached hydrogen (secondary N) is 1. The van der Waals surface area contributed by atoms with Crippen molar-refractivity contribution in [1.29, 1.82) is 0 Å². The molecule has 1 saturated carbocycles. The van der Waals surface area contributed by atoms with Crippen LogP contribution in [0.2, 0.25) is 0 Å². The van der Waals surface area contributed by atoms with Crippen molar-refractivity contribution in [1.82, 2.24) is 15.1 Å². The zero-order chi connectivity index (χ0) is 11.0. The highest BCUT2D eigenvalue weighted by Gasteiger charge is 2.30. The zero-order valence-corrected chi connectivity index (χ0v) is 9.08. The van der Waals surface area contributed by atoms with Crippen LogP contribution in [0.1, 0.15) is 30.0 Å². The lowest BCUT2D eigenvalue weighted by Crippen LogP contribution is -2.24. The summed E-state index contributed by atoms with van der Waals surface area (Å²) in [7, 11) is 3.49. The van der Waals surface area contributed by atoms with Crippen LogP contribution in [0.4, 0.5) is 5.82 Å². The predicted octanol–water partition coefficient (Wildman–Crippen LogP) is 0.500. The molecule has 1 aliphatic carbocycles. The Morgan fingerprint density at radius 2 is 2.27 bits per heavy atom. The summed E-state index contributed by atoms with van der Waals surface area (Å²) in [6, 6.07) is 0. The van der Waals surface area contributed by atoms with E-state index in [1.807, 2.05) is 0 Å². The molecule has 0 unspecified atom stereocenters. The molecule has 82 valence electrons. The molecular weight excluding hydrogens is 192 g/mol. The Bertz CT molecular complexity index is 379. The lowest BCUT2D eigenvalue weighted by molar-refractivity contribution is -0.127. The minimum absolute atomic E-state index is 0.0602. The van der Waals surface area contributed by atoms with Gasteiger partial charge in [-0.2, -0.15) is 5.10 Å². The molecule has 1 aromatic rings. The number of rotatable bonds is 3. The number of nitrogen functional groups attached to an aromatic ring is 1. The van der Waals surface area contributed by atoms with Gasteiger partial charge in [0, 0.05) is 31.3 Å². The topological polar surface area (TPSA) is 75.0 Å². The molecule has 0 aliphatic heterocycles. The molecule has 0 aromatic carbocycles. The lowest BCUT2D eigenvalue weighted by atomic mass is 10.1. The standard InChI is InChI=1S/C10H16N4O/c1-14(2)8(15)5-7-9(6-3-4-6)12-13-10(7)11/h6H,3-5H2,1-2H3,(H3,11,12,13). The minimum Gasteiger partial charge on any atom is -0.382 e. The summed E-state index contributed by atoms with van der Waals surface area (Å²) in [5.74, 6) is 1.07. The molecule has 0 saturated heterocycles. The average molecular weight is 208 g/mol. The molecule has 2 rings (SSSR count). The molecular formula is C10H16N4O. The van der Waals surface area contributed by atoms with Crippen LogP contribution in [0.15, 0.2) is 0 Å². The second kappa shape index (κ2) is 3.56. The first-order valence-electron chi connectivity index (χ1n) is 5.12. The number of H-pyrrole nitrogens is 1. The first-order chi connectivity index (χ1) is 7.09. The van der Waals surface area contributed by atoms with E-state index in [1.165, 1.54) is 12.8 Å². The first kappa shape index (κ1) is 10.0. The number of aromatic nitrogens is 2. The lowest BCUT2D eigenvalue weighted by Gasteiger charge is -2.10. The Kier molecular flexibility index (Phi) is 2.38. The summed E-state index contributed by atoms with van der Waals surface area (Å²) >= 11 is 0. The molecule has 0 atom stereocenters. The van der Waals surface area contributed by atoms with Gasteiger partial charge in [0.2, 0.25) is 5.91 Å². The summed E-state index contributed by atoms with van der Waals surface area (Å²) in [6.45, 7) is 0. The second-order valence-electron chi connectivity index (χ2n) is 4.24. The van der Waals surface area contributed by atoms with Crippen LogP contribution >= 0.6 is 0 Å². The Morgan fingerprint density at radius 1 is 1.60 bits per heavy atom. The van der Waals surface area contributed by atoms with Crippen molar-refractivity contribution < 1.29 is 4.79 Å². The Hall–Kier alpha value is -1.52. The summed E-state index contributed by atoms with van der Waals surface area (Å²) in [4.78, 5) is 13.2. The van der Waals surface area contributed by atoms with Gasteiger partial charge in [0.25, 0.3) is 0 Å². The number of nitrogens with zero attached hydrogens (tertiary/aromatic N) is 2. The highest BCUT2D eigenvalue weighted by molar-refractivity contribution is 5.80. The zero-order valence-electron chi connectivity index (χ0n) is 9.08. The maximum Gasteiger partial charge on any atom is 0.226 e. The van der Waals surface area contributed by atoms with E-state index in [0.717, 1.165) is 11.3 Å². The molecule has 0 spiro atoms. The van der Waals surface area contributed by atoms with Crippen molar-refractivity contribution >= 4 is 11.7 Å². The Morgan fingerprint density at radius 3 is 2.80 bits per heavy atom. The van der Waals surface area contributed by atoms with Gasteiger partial charge in [-0.15, -0.1) is 0 Å². The normalized spacial score (nSPS) is 15.3. The molecule has 1 amide bonds. The number of hydrogen-bond acceptors (Lipinski definition) is 3. The highest BCUT2D eigenvalue weighted by Crippen LogP contribution is 2.41. The van der Waals surface area contributed by atoms with Crippen LogP contribution < -0.4 is 5.73 Å². The van der Waals surface area contributed by atoms with Crippen LogP contribution in [-0.4, -0.2) is 35.1 Å². The minimum atomic E-state index is 0.0602. The van der Waals surface area contributed by atoms with E-state index in [4.69, 9.17) is 5.73 Å². The second-order valence-corrected chi connectivity index (χ2v) is 4.24. The van der Waals surface area contributed by atoms with E-state index in [1.54, 1.807) is 19.0 Å². The van der Waals surface area contributed by atoms with Crippen molar-refractivity contribution in [2.45, 2.75) is 25.2 Å². The molecule has 1 fully saturated rings. The van der Waals surface area contributed by atoms with Crippen molar-refractivity contribution in [2.75, 3.05) is 19.8 Å². The van der Waals surface area contributed by atoms with E-state index >= 15 is 0 Å². The number of amides is 1. The quantitative estimate of drug-likeness (QED) is 0.759. The van der Waals surface area contributed by atoms with Gasteiger partial charge in [-0.3, -0.25) is 9.89 Å². The molecule has 1 heterocycles. The van der Waals surface area contributed by atoms with E-state index in [-0.39, 0.29) is 5.91 Å². The molecule has 0 bridgehead atoms. The Balaban J connectivity index is 2.18. The molecule has 15 heavy (non-hydrogen) atoms. The monoisotopic (exact) mass is 208 g/mol. The van der Waals surface area contributed by atoms with Crippen molar-refractivity contribution in [3.63, 3.8) is 0 Å². The van der Waals surface area contributed by atoms with E-state index < -0.39 is 0 Å².